The van der Waals surface area contributed by atoms with Crippen molar-refractivity contribution >= 4 is 22.4 Å². The molecule has 134 valence electrons. The van der Waals surface area contributed by atoms with Crippen LogP contribution in [0.3, 0.4) is 0 Å². The number of thiazole rings is 1. The molecule has 0 aliphatic heterocycles. The molecule has 0 saturated heterocycles. The van der Waals surface area contributed by atoms with Crippen LogP contribution in [-0.2, 0) is 11.3 Å². The fourth-order valence-electron chi connectivity index (χ4n) is 2.59. The van der Waals surface area contributed by atoms with E-state index < -0.39 is 0 Å². The summed E-state index contributed by atoms with van der Waals surface area (Å²) < 4.78 is 1.48. The number of nitrogens with zero attached hydrogens (tertiary/aromatic N) is 5. The van der Waals surface area contributed by atoms with Crippen molar-refractivity contribution in [2.75, 3.05) is 5.32 Å². The summed E-state index contributed by atoms with van der Waals surface area (Å²) in [5.74, 6) is 0.318. The number of benzene rings is 2. The molecule has 7 nitrogen and oxygen atoms in total. The van der Waals surface area contributed by atoms with Gasteiger partial charge in [-0.2, -0.15) is 0 Å². The van der Waals surface area contributed by atoms with Crippen LogP contribution in [0.2, 0.25) is 0 Å². The van der Waals surface area contributed by atoms with E-state index in [0.29, 0.717) is 11.0 Å². The fourth-order valence-corrected chi connectivity index (χ4v) is 3.32. The van der Waals surface area contributed by atoms with E-state index >= 15 is 0 Å². The van der Waals surface area contributed by atoms with E-state index in [1.54, 1.807) is 0 Å². The fraction of sp³-hybridized carbons (Fsp3) is 0.105. The molecule has 4 aromatic rings. The van der Waals surface area contributed by atoms with Crippen LogP contribution in [0.25, 0.3) is 22.6 Å². The lowest BCUT2D eigenvalue weighted by molar-refractivity contribution is -0.116. The third-order valence-corrected chi connectivity index (χ3v) is 4.71. The van der Waals surface area contributed by atoms with Crippen LogP contribution in [0, 0.1) is 6.92 Å². The van der Waals surface area contributed by atoms with Crippen molar-refractivity contribution in [3.63, 3.8) is 0 Å². The van der Waals surface area contributed by atoms with Gasteiger partial charge in [-0.1, -0.05) is 60.2 Å². The predicted octanol–water partition coefficient (Wildman–Crippen LogP) is 3.41. The number of rotatable bonds is 5. The Hall–Kier alpha value is -3.39. The minimum atomic E-state index is -0.232. The highest BCUT2D eigenvalue weighted by Crippen LogP contribution is 2.24. The Kier molecular flexibility index (Phi) is 4.71. The van der Waals surface area contributed by atoms with Gasteiger partial charge < -0.3 is 5.32 Å². The molecule has 0 aliphatic rings. The number of carbonyl (C=O) groups is 1. The molecule has 8 heteroatoms. The lowest BCUT2D eigenvalue weighted by Gasteiger charge is -2.05. The Morgan fingerprint density at radius 1 is 1.07 bits per heavy atom. The number of amides is 1. The topological polar surface area (TPSA) is 85.6 Å². The van der Waals surface area contributed by atoms with Crippen LogP contribution in [0.4, 0.5) is 5.13 Å². The van der Waals surface area contributed by atoms with Gasteiger partial charge in [-0.3, -0.25) is 4.79 Å². The largest absolute Gasteiger partial charge is 0.300 e. The van der Waals surface area contributed by atoms with Gasteiger partial charge in [0, 0.05) is 16.5 Å². The van der Waals surface area contributed by atoms with E-state index in [1.807, 2.05) is 66.9 Å². The molecule has 0 spiro atoms. The summed E-state index contributed by atoms with van der Waals surface area (Å²) in [5.41, 5.74) is 3.85. The van der Waals surface area contributed by atoms with Gasteiger partial charge in [0.25, 0.3) is 0 Å². The first-order chi connectivity index (χ1) is 13.2. The van der Waals surface area contributed by atoms with Crippen molar-refractivity contribution < 1.29 is 4.79 Å². The van der Waals surface area contributed by atoms with Gasteiger partial charge >= 0.3 is 0 Å². The molecule has 27 heavy (non-hydrogen) atoms. The van der Waals surface area contributed by atoms with Gasteiger partial charge in [-0.15, -0.1) is 16.4 Å². The highest BCUT2D eigenvalue weighted by atomic mass is 32.1. The Bertz CT molecular complexity index is 1060. The van der Waals surface area contributed by atoms with Crippen molar-refractivity contribution in [1.29, 1.82) is 0 Å². The van der Waals surface area contributed by atoms with Crippen LogP contribution in [0.5, 0.6) is 0 Å². The first-order valence-corrected chi connectivity index (χ1v) is 9.21. The van der Waals surface area contributed by atoms with Gasteiger partial charge in [0.2, 0.25) is 5.91 Å². The molecule has 1 amide bonds. The van der Waals surface area contributed by atoms with E-state index in [0.717, 1.165) is 22.4 Å². The van der Waals surface area contributed by atoms with Gasteiger partial charge in [-0.25, -0.2) is 9.67 Å². The van der Waals surface area contributed by atoms with E-state index in [9.17, 15) is 4.79 Å². The Balaban J connectivity index is 1.46. The zero-order valence-corrected chi connectivity index (χ0v) is 15.3. The molecule has 0 radical (unpaired) electrons. The minimum absolute atomic E-state index is 0.0104. The summed E-state index contributed by atoms with van der Waals surface area (Å²) in [6.07, 6.45) is 0. The highest BCUT2D eigenvalue weighted by Gasteiger charge is 2.14. The lowest BCUT2D eigenvalue weighted by atomic mass is 10.1. The number of hydrogen-bond donors (Lipinski definition) is 1. The third-order valence-electron chi connectivity index (χ3n) is 3.96. The maximum absolute atomic E-state index is 12.4. The van der Waals surface area contributed by atoms with Crippen molar-refractivity contribution in [2.45, 2.75) is 13.5 Å². The van der Waals surface area contributed by atoms with Crippen LogP contribution in [0.1, 0.15) is 5.56 Å². The second kappa shape index (κ2) is 7.46. The summed E-state index contributed by atoms with van der Waals surface area (Å²) >= 11 is 1.38. The lowest BCUT2D eigenvalue weighted by Crippen LogP contribution is -2.20. The summed E-state index contributed by atoms with van der Waals surface area (Å²) in [5, 5.41) is 16.9. The zero-order valence-electron chi connectivity index (χ0n) is 14.5. The molecular weight excluding hydrogens is 360 g/mol. The standard InChI is InChI=1S/C19H16N6OS/c1-13-7-9-15(10-8-13)18-22-23-24-25(18)11-17(26)21-19-20-16(12-27-19)14-5-3-2-4-6-14/h2-10,12H,11H2,1H3,(H,20,21,26). The number of aromatic nitrogens is 5. The SMILES string of the molecule is Cc1ccc(-c2nnnn2CC(=O)Nc2nc(-c3ccccc3)cs2)cc1. The van der Waals surface area contributed by atoms with Crippen molar-refractivity contribution in [3.05, 3.63) is 65.5 Å². The van der Waals surface area contributed by atoms with Crippen LogP contribution >= 0.6 is 11.3 Å². The van der Waals surface area contributed by atoms with Crippen LogP contribution in [-0.4, -0.2) is 31.1 Å². The molecule has 2 heterocycles. The van der Waals surface area contributed by atoms with Crippen molar-refractivity contribution in [2.24, 2.45) is 0 Å². The number of nitrogens with one attached hydrogen (secondary N) is 1. The number of tetrazole rings is 1. The van der Waals surface area contributed by atoms with Crippen LogP contribution < -0.4 is 5.32 Å². The Morgan fingerprint density at radius 3 is 2.63 bits per heavy atom. The molecular formula is C19H16N6OS. The van der Waals surface area contributed by atoms with E-state index in [-0.39, 0.29) is 12.5 Å². The van der Waals surface area contributed by atoms with E-state index in [2.05, 4.69) is 25.8 Å². The maximum atomic E-state index is 12.4. The first-order valence-electron chi connectivity index (χ1n) is 8.33. The molecule has 0 bridgehead atoms. The van der Waals surface area contributed by atoms with Crippen molar-refractivity contribution in [1.82, 2.24) is 25.2 Å². The molecule has 4 rings (SSSR count). The third kappa shape index (κ3) is 3.90. The molecule has 0 fully saturated rings. The molecule has 0 aliphatic carbocycles. The molecule has 2 aromatic carbocycles. The molecule has 2 aromatic heterocycles. The predicted molar refractivity (Wildman–Crippen MR) is 104 cm³/mol. The maximum Gasteiger partial charge on any atom is 0.248 e. The van der Waals surface area contributed by atoms with Crippen molar-refractivity contribution in [3.8, 4) is 22.6 Å². The molecule has 0 unspecified atom stereocenters. The Labute approximate surface area is 159 Å². The monoisotopic (exact) mass is 376 g/mol. The van der Waals surface area contributed by atoms with Crippen LogP contribution in [0.15, 0.2) is 60.0 Å². The number of aryl methyl sites for hydroxylation is 1. The molecule has 0 saturated carbocycles. The summed E-state index contributed by atoms with van der Waals surface area (Å²) in [7, 11) is 0. The van der Waals surface area contributed by atoms with E-state index in [1.165, 1.54) is 16.0 Å². The summed E-state index contributed by atoms with van der Waals surface area (Å²) in [6, 6.07) is 17.7. The second-order valence-electron chi connectivity index (χ2n) is 5.98. The minimum Gasteiger partial charge on any atom is -0.300 e. The second-order valence-corrected chi connectivity index (χ2v) is 6.84. The molecule has 0 atom stereocenters. The Morgan fingerprint density at radius 2 is 1.85 bits per heavy atom. The highest BCUT2D eigenvalue weighted by molar-refractivity contribution is 7.14. The van der Waals surface area contributed by atoms with Gasteiger partial charge in [0.15, 0.2) is 11.0 Å². The number of anilines is 1. The smallest absolute Gasteiger partial charge is 0.248 e. The van der Waals surface area contributed by atoms with Gasteiger partial charge in [0.05, 0.1) is 5.69 Å². The summed E-state index contributed by atoms with van der Waals surface area (Å²) in [4.78, 5) is 16.9. The average Bonchev–Trinajstić information content (AvgIpc) is 3.33. The van der Waals surface area contributed by atoms with Gasteiger partial charge in [-0.05, 0) is 17.4 Å². The van der Waals surface area contributed by atoms with Gasteiger partial charge in [0.1, 0.15) is 6.54 Å². The zero-order chi connectivity index (χ0) is 18.6. The normalized spacial score (nSPS) is 10.7. The number of hydrogen-bond acceptors (Lipinski definition) is 6. The first kappa shape index (κ1) is 17.0. The summed E-state index contributed by atoms with van der Waals surface area (Å²) in [6.45, 7) is 2.02. The quantitative estimate of drug-likeness (QED) is 0.577. The number of carbonyl (C=O) groups excluding carboxylic acids is 1. The molecule has 1 N–H and O–H groups in total. The van der Waals surface area contributed by atoms with E-state index in [4.69, 9.17) is 0 Å². The average molecular weight is 376 g/mol.